The zero-order valence-corrected chi connectivity index (χ0v) is 6.71. The summed E-state index contributed by atoms with van der Waals surface area (Å²) in [5, 5.41) is 0. The van der Waals surface area contributed by atoms with E-state index in [9.17, 15) is 18.0 Å². The van der Waals surface area contributed by atoms with Crippen LogP contribution in [0.2, 0.25) is 0 Å². The quantitative estimate of drug-likeness (QED) is 0.787. The number of pyridine rings is 1. The van der Waals surface area contributed by atoms with E-state index in [-0.39, 0.29) is 0 Å². The van der Waals surface area contributed by atoms with Gasteiger partial charge in [0, 0.05) is 12.4 Å². The Hall–Kier alpha value is -1.79. The number of halogens is 3. The summed E-state index contributed by atoms with van der Waals surface area (Å²) >= 11 is 0. The Bertz CT molecular complexity index is 351. The normalized spacial score (nSPS) is 11.1. The lowest BCUT2D eigenvalue weighted by atomic mass is 10.2. The molecule has 7 heteroatoms. The lowest BCUT2D eigenvalue weighted by Gasteiger charge is -2.10. The van der Waals surface area contributed by atoms with Gasteiger partial charge in [-0.1, -0.05) is 0 Å². The van der Waals surface area contributed by atoms with Gasteiger partial charge in [0.25, 0.3) is 5.91 Å². The van der Waals surface area contributed by atoms with Gasteiger partial charge >= 0.3 is 6.36 Å². The summed E-state index contributed by atoms with van der Waals surface area (Å²) < 4.78 is 38.9. The van der Waals surface area contributed by atoms with Crippen molar-refractivity contribution >= 4 is 5.91 Å². The van der Waals surface area contributed by atoms with Crippen LogP contribution in [-0.4, -0.2) is 17.3 Å². The lowest BCUT2D eigenvalue weighted by molar-refractivity contribution is -0.274. The zero-order chi connectivity index (χ0) is 10.8. The predicted octanol–water partition coefficient (Wildman–Crippen LogP) is 1.08. The number of carbonyl (C=O) groups excluding carboxylic acids is 1. The molecule has 0 bridgehead atoms. The lowest BCUT2D eigenvalue weighted by Crippen LogP contribution is -2.21. The highest BCUT2D eigenvalue weighted by molar-refractivity contribution is 5.95. The van der Waals surface area contributed by atoms with E-state index in [0.29, 0.717) is 0 Å². The number of ether oxygens (including phenoxy) is 1. The van der Waals surface area contributed by atoms with Crippen LogP contribution in [0.1, 0.15) is 10.4 Å². The summed E-state index contributed by atoms with van der Waals surface area (Å²) in [4.78, 5) is 14.1. The molecule has 0 unspecified atom stereocenters. The highest BCUT2D eigenvalue weighted by Gasteiger charge is 2.32. The van der Waals surface area contributed by atoms with E-state index in [1.807, 2.05) is 0 Å². The fraction of sp³-hybridized carbons (Fsp3) is 0.143. The van der Waals surface area contributed by atoms with Gasteiger partial charge in [-0.3, -0.25) is 9.78 Å². The maximum Gasteiger partial charge on any atom is 0.573 e. The molecule has 2 N–H and O–H groups in total. The Balaban J connectivity index is 3.02. The van der Waals surface area contributed by atoms with E-state index in [1.165, 1.54) is 0 Å². The number of rotatable bonds is 2. The number of hydrogen-bond acceptors (Lipinski definition) is 3. The Morgan fingerprint density at radius 3 is 2.64 bits per heavy atom. The van der Waals surface area contributed by atoms with E-state index in [4.69, 9.17) is 5.73 Å². The average molecular weight is 206 g/mol. The van der Waals surface area contributed by atoms with E-state index in [2.05, 4.69) is 9.72 Å². The third-order valence-electron chi connectivity index (χ3n) is 1.27. The second kappa shape index (κ2) is 3.52. The first kappa shape index (κ1) is 10.3. The van der Waals surface area contributed by atoms with Crippen LogP contribution in [0, 0.1) is 0 Å². The highest BCUT2D eigenvalue weighted by Crippen LogP contribution is 2.24. The average Bonchev–Trinajstić information content (AvgIpc) is 2.01. The summed E-state index contributed by atoms with van der Waals surface area (Å²) in [6.07, 6.45) is -2.89. The van der Waals surface area contributed by atoms with Gasteiger partial charge in [0.1, 0.15) is 5.75 Å². The summed E-state index contributed by atoms with van der Waals surface area (Å²) in [7, 11) is 0. The number of nitrogens with two attached hydrogens (primary N) is 1. The van der Waals surface area contributed by atoms with Crippen molar-refractivity contribution in [3.05, 3.63) is 24.0 Å². The molecule has 1 rings (SSSR count). The Morgan fingerprint density at radius 2 is 2.14 bits per heavy atom. The fourth-order valence-electron chi connectivity index (χ4n) is 0.780. The SMILES string of the molecule is NC(=O)c1cnccc1OC(F)(F)F. The molecular formula is C7H5F3N2O2. The molecule has 0 aliphatic heterocycles. The molecule has 0 radical (unpaired) electrons. The van der Waals surface area contributed by atoms with Gasteiger partial charge in [0.05, 0.1) is 5.56 Å². The largest absolute Gasteiger partial charge is 0.573 e. The van der Waals surface area contributed by atoms with Crippen molar-refractivity contribution in [2.45, 2.75) is 6.36 Å². The van der Waals surface area contributed by atoms with Crippen molar-refractivity contribution < 1.29 is 22.7 Å². The molecule has 0 fully saturated rings. The molecule has 0 spiro atoms. The highest BCUT2D eigenvalue weighted by atomic mass is 19.4. The topological polar surface area (TPSA) is 65.2 Å². The molecule has 4 nitrogen and oxygen atoms in total. The zero-order valence-electron chi connectivity index (χ0n) is 6.71. The van der Waals surface area contributed by atoms with Gasteiger partial charge in [-0.25, -0.2) is 0 Å². The summed E-state index contributed by atoms with van der Waals surface area (Å²) in [5.41, 5.74) is 4.39. The standard InChI is InChI=1S/C7H5F3N2O2/c8-7(9,10)14-5-1-2-12-3-4(5)6(11)13/h1-3H,(H2,11,13). The Labute approximate surface area is 76.5 Å². The summed E-state index contributed by atoms with van der Waals surface area (Å²) in [6.45, 7) is 0. The molecule has 0 saturated carbocycles. The summed E-state index contributed by atoms with van der Waals surface area (Å²) in [5.74, 6) is -1.68. The first-order valence-electron chi connectivity index (χ1n) is 3.40. The summed E-state index contributed by atoms with van der Waals surface area (Å²) in [6, 6.07) is 0.910. The molecule has 0 aliphatic rings. The van der Waals surface area contributed by atoms with Crippen molar-refractivity contribution in [3.8, 4) is 5.75 Å². The molecule has 14 heavy (non-hydrogen) atoms. The van der Waals surface area contributed by atoms with E-state index < -0.39 is 23.6 Å². The minimum absolute atomic E-state index is 0.412. The van der Waals surface area contributed by atoms with Crippen LogP contribution in [0.25, 0.3) is 0 Å². The van der Waals surface area contributed by atoms with Gasteiger partial charge < -0.3 is 10.5 Å². The van der Waals surface area contributed by atoms with Crippen molar-refractivity contribution in [2.24, 2.45) is 5.73 Å². The first-order chi connectivity index (χ1) is 6.40. The van der Waals surface area contributed by atoms with Crippen LogP contribution < -0.4 is 10.5 Å². The number of primary amides is 1. The van der Waals surface area contributed by atoms with E-state index >= 15 is 0 Å². The number of hydrogen-bond donors (Lipinski definition) is 1. The van der Waals surface area contributed by atoms with Gasteiger partial charge in [0.15, 0.2) is 0 Å². The van der Waals surface area contributed by atoms with Crippen molar-refractivity contribution in [1.29, 1.82) is 0 Å². The minimum Gasteiger partial charge on any atom is -0.405 e. The number of carbonyl (C=O) groups is 1. The maximum absolute atomic E-state index is 11.8. The van der Waals surface area contributed by atoms with Crippen LogP contribution >= 0.6 is 0 Å². The van der Waals surface area contributed by atoms with Crippen LogP contribution in [0.15, 0.2) is 18.5 Å². The van der Waals surface area contributed by atoms with Crippen molar-refractivity contribution in [2.75, 3.05) is 0 Å². The molecule has 1 aromatic heterocycles. The van der Waals surface area contributed by atoms with E-state index in [0.717, 1.165) is 18.5 Å². The number of alkyl halides is 3. The molecule has 0 aliphatic carbocycles. The number of aromatic nitrogens is 1. The molecule has 1 heterocycles. The smallest absolute Gasteiger partial charge is 0.405 e. The van der Waals surface area contributed by atoms with Crippen LogP contribution in [0.5, 0.6) is 5.75 Å². The second-order valence-electron chi connectivity index (χ2n) is 2.28. The fourth-order valence-corrected chi connectivity index (χ4v) is 0.780. The van der Waals surface area contributed by atoms with Crippen LogP contribution in [0.3, 0.4) is 0 Å². The van der Waals surface area contributed by atoms with Crippen molar-refractivity contribution in [3.63, 3.8) is 0 Å². The van der Waals surface area contributed by atoms with Gasteiger partial charge in [0.2, 0.25) is 0 Å². The van der Waals surface area contributed by atoms with E-state index in [1.54, 1.807) is 0 Å². The molecule has 1 aromatic rings. The van der Waals surface area contributed by atoms with Crippen LogP contribution in [0.4, 0.5) is 13.2 Å². The predicted molar refractivity (Wildman–Crippen MR) is 39.4 cm³/mol. The van der Waals surface area contributed by atoms with Crippen LogP contribution in [-0.2, 0) is 0 Å². The molecule has 0 saturated heterocycles. The second-order valence-corrected chi connectivity index (χ2v) is 2.28. The molecule has 76 valence electrons. The molecule has 0 aromatic carbocycles. The minimum atomic E-state index is -4.86. The molecule has 0 atom stereocenters. The third-order valence-corrected chi connectivity index (χ3v) is 1.27. The number of amides is 1. The van der Waals surface area contributed by atoms with Gasteiger partial charge in [-0.2, -0.15) is 0 Å². The number of nitrogens with zero attached hydrogens (tertiary/aromatic N) is 1. The van der Waals surface area contributed by atoms with Crippen molar-refractivity contribution in [1.82, 2.24) is 4.98 Å². The van der Waals surface area contributed by atoms with Gasteiger partial charge in [-0.15, -0.1) is 13.2 Å². The molecule has 1 amide bonds. The first-order valence-corrected chi connectivity index (χ1v) is 3.40. The maximum atomic E-state index is 11.8. The monoisotopic (exact) mass is 206 g/mol. The Kier molecular flexibility index (Phi) is 2.59. The Morgan fingerprint density at radius 1 is 1.50 bits per heavy atom. The molecular weight excluding hydrogens is 201 g/mol. The third kappa shape index (κ3) is 2.61. The van der Waals surface area contributed by atoms with Gasteiger partial charge in [-0.05, 0) is 6.07 Å².